The summed E-state index contributed by atoms with van der Waals surface area (Å²) >= 11 is 1.83. The Bertz CT molecular complexity index is 509. The number of hydrogen-bond donors (Lipinski definition) is 2. The summed E-state index contributed by atoms with van der Waals surface area (Å²) in [4.78, 5) is 8.31. The largest absolute Gasteiger partial charge is 0.468 e. The van der Waals surface area contributed by atoms with Gasteiger partial charge in [-0.2, -0.15) is 24.9 Å². The molecule has 2 N–H and O–H groups in total. The summed E-state index contributed by atoms with van der Waals surface area (Å²) in [7, 11) is 0. The minimum absolute atomic E-state index is 0.0520. The minimum Gasteiger partial charge on any atom is -0.468 e. The maximum atomic E-state index is 12.1. The summed E-state index contributed by atoms with van der Waals surface area (Å²) in [6, 6.07) is 3.07. The topological polar surface area (TPSA) is 58.5 Å². The van der Waals surface area contributed by atoms with Crippen molar-refractivity contribution < 1.29 is 17.9 Å². The molecule has 1 rings (SSSR count). The number of halogens is 3. The van der Waals surface area contributed by atoms with E-state index < -0.39 is 12.8 Å². The zero-order chi connectivity index (χ0) is 18.5. The van der Waals surface area contributed by atoms with Gasteiger partial charge in [-0.1, -0.05) is 6.07 Å². The average Bonchev–Trinajstić information content (AvgIpc) is 2.58. The Morgan fingerprint density at radius 2 is 2.08 bits per heavy atom. The molecule has 0 unspecified atom stereocenters. The number of unbranched alkanes of at least 4 members (excludes halogenated alkanes) is 1. The first kappa shape index (κ1) is 21.4. The Hall–Kier alpha value is -1.64. The van der Waals surface area contributed by atoms with E-state index in [9.17, 15) is 13.2 Å². The summed E-state index contributed by atoms with van der Waals surface area (Å²) in [5.41, 5.74) is 0.791. The smallest absolute Gasteiger partial charge is 0.422 e. The number of nitrogens with one attached hydrogen (secondary N) is 2. The number of aromatic nitrogens is 1. The molecule has 0 aliphatic carbocycles. The van der Waals surface area contributed by atoms with E-state index in [0.29, 0.717) is 12.5 Å². The fraction of sp³-hybridized carbons (Fsp3) is 0.625. The maximum Gasteiger partial charge on any atom is 0.422 e. The van der Waals surface area contributed by atoms with Crippen LogP contribution in [0.4, 0.5) is 13.2 Å². The number of nitrogens with zero attached hydrogens (tertiary/aromatic N) is 2. The van der Waals surface area contributed by atoms with Crippen molar-refractivity contribution in [3.05, 3.63) is 23.9 Å². The van der Waals surface area contributed by atoms with Crippen LogP contribution in [0, 0.1) is 0 Å². The lowest BCUT2D eigenvalue weighted by Crippen LogP contribution is -2.37. The van der Waals surface area contributed by atoms with Crippen LogP contribution < -0.4 is 15.4 Å². The Morgan fingerprint density at radius 3 is 2.68 bits per heavy atom. The predicted octanol–water partition coefficient (Wildman–Crippen LogP) is 3.22. The number of aliphatic imine (C=N–C) groups is 1. The summed E-state index contributed by atoms with van der Waals surface area (Å²) in [6.45, 7) is 2.61. The van der Waals surface area contributed by atoms with E-state index in [4.69, 9.17) is 0 Å². The number of ether oxygens (including phenoxy) is 1. The zero-order valence-electron chi connectivity index (χ0n) is 14.5. The zero-order valence-corrected chi connectivity index (χ0v) is 15.3. The first-order chi connectivity index (χ1) is 11.9. The quantitative estimate of drug-likeness (QED) is 0.372. The average molecular weight is 378 g/mol. The second kappa shape index (κ2) is 11.8. The van der Waals surface area contributed by atoms with Gasteiger partial charge < -0.3 is 15.4 Å². The lowest BCUT2D eigenvalue weighted by Gasteiger charge is -2.11. The Kier molecular flexibility index (Phi) is 10.1. The van der Waals surface area contributed by atoms with E-state index in [0.717, 1.165) is 37.2 Å². The number of guanidine groups is 1. The molecule has 0 aromatic carbocycles. The van der Waals surface area contributed by atoms with Crippen LogP contribution in [0.15, 0.2) is 23.3 Å². The highest BCUT2D eigenvalue weighted by atomic mass is 32.2. The van der Waals surface area contributed by atoms with Crippen LogP contribution in [0.1, 0.15) is 25.3 Å². The fourth-order valence-electron chi connectivity index (χ4n) is 1.84. The van der Waals surface area contributed by atoms with Gasteiger partial charge in [0.25, 0.3) is 0 Å². The van der Waals surface area contributed by atoms with Gasteiger partial charge in [-0.15, -0.1) is 0 Å². The molecule has 0 aliphatic heterocycles. The molecular formula is C16H25F3N4OS. The Morgan fingerprint density at radius 1 is 1.28 bits per heavy atom. The maximum absolute atomic E-state index is 12.1. The van der Waals surface area contributed by atoms with Crippen molar-refractivity contribution in [2.75, 3.05) is 31.7 Å². The number of alkyl halides is 3. The molecule has 1 heterocycles. The van der Waals surface area contributed by atoms with E-state index >= 15 is 0 Å². The Balaban J connectivity index is 2.46. The molecule has 25 heavy (non-hydrogen) atoms. The third-order valence-corrected chi connectivity index (χ3v) is 3.71. The summed E-state index contributed by atoms with van der Waals surface area (Å²) in [6.07, 6.45) is 1.41. The van der Waals surface area contributed by atoms with Gasteiger partial charge in [-0.3, -0.25) is 0 Å². The van der Waals surface area contributed by atoms with Crippen molar-refractivity contribution in [3.63, 3.8) is 0 Å². The highest BCUT2D eigenvalue weighted by Crippen LogP contribution is 2.17. The second-order valence-corrected chi connectivity index (χ2v) is 6.22. The normalized spacial score (nSPS) is 12.1. The van der Waals surface area contributed by atoms with Crippen molar-refractivity contribution in [1.82, 2.24) is 15.6 Å². The number of rotatable bonds is 10. The molecule has 0 atom stereocenters. The monoisotopic (exact) mass is 378 g/mol. The predicted molar refractivity (Wildman–Crippen MR) is 96.2 cm³/mol. The van der Waals surface area contributed by atoms with Gasteiger partial charge in [-0.05, 0) is 37.3 Å². The van der Waals surface area contributed by atoms with Gasteiger partial charge in [0.2, 0.25) is 5.88 Å². The van der Waals surface area contributed by atoms with Crippen LogP contribution in [0.2, 0.25) is 0 Å². The highest BCUT2D eigenvalue weighted by Gasteiger charge is 2.28. The van der Waals surface area contributed by atoms with Gasteiger partial charge in [0.15, 0.2) is 12.6 Å². The minimum atomic E-state index is -4.37. The van der Waals surface area contributed by atoms with Gasteiger partial charge >= 0.3 is 6.18 Å². The van der Waals surface area contributed by atoms with Crippen molar-refractivity contribution in [1.29, 1.82) is 0 Å². The molecule has 9 heteroatoms. The third-order valence-electron chi connectivity index (χ3n) is 3.01. The van der Waals surface area contributed by atoms with Gasteiger partial charge in [0.1, 0.15) is 0 Å². The van der Waals surface area contributed by atoms with E-state index in [1.165, 1.54) is 12.3 Å². The third kappa shape index (κ3) is 10.8. The highest BCUT2D eigenvalue weighted by molar-refractivity contribution is 7.98. The lowest BCUT2D eigenvalue weighted by atomic mass is 10.3. The molecule has 0 aliphatic rings. The molecule has 0 radical (unpaired) electrons. The van der Waals surface area contributed by atoms with Gasteiger partial charge in [-0.25, -0.2) is 9.98 Å². The molecule has 0 saturated heterocycles. The molecule has 142 valence electrons. The Labute approximate surface area is 150 Å². The molecular weight excluding hydrogens is 353 g/mol. The summed E-state index contributed by atoms with van der Waals surface area (Å²) < 4.78 is 40.8. The second-order valence-electron chi connectivity index (χ2n) is 5.23. The fourth-order valence-corrected chi connectivity index (χ4v) is 2.33. The first-order valence-electron chi connectivity index (χ1n) is 8.10. The molecule has 0 saturated carbocycles. The van der Waals surface area contributed by atoms with Crippen LogP contribution in [-0.2, 0) is 6.54 Å². The van der Waals surface area contributed by atoms with Gasteiger partial charge in [0, 0.05) is 25.4 Å². The number of pyridine rings is 1. The van der Waals surface area contributed by atoms with Crippen molar-refractivity contribution in [2.45, 2.75) is 32.5 Å². The standard InChI is InChI=1S/C16H25F3N4OS/c1-3-20-15(21-8-4-5-9-25-2)23-11-13-6-7-14(22-10-13)24-12-16(17,18)19/h6-7,10H,3-5,8-9,11-12H2,1-2H3,(H2,20,21,23). The van der Waals surface area contributed by atoms with E-state index in [1.807, 2.05) is 18.7 Å². The van der Waals surface area contributed by atoms with E-state index in [1.54, 1.807) is 6.07 Å². The summed E-state index contributed by atoms with van der Waals surface area (Å²) in [5, 5.41) is 6.41. The van der Waals surface area contributed by atoms with Crippen LogP contribution in [0.3, 0.4) is 0 Å². The molecule has 0 amide bonds. The SMILES string of the molecule is CCNC(=NCc1ccc(OCC(F)(F)F)nc1)NCCCCSC. The summed E-state index contributed by atoms with van der Waals surface area (Å²) in [5.74, 6) is 1.80. The molecule has 1 aromatic rings. The van der Waals surface area contributed by atoms with E-state index in [2.05, 4.69) is 31.6 Å². The van der Waals surface area contributed by atoms with Crippen LogP contribution in [0.25, 0.3) is 0 Å². The number of hydrogen-bond acceptors (Lipinski definition) is 4. The van der Waals surface area contributed by atoms with Gasteiger partial charge in [0.05, 0.1) is 6.54 Å². The van der Waals surface area contributed by atoms with Crippen LogP contribution >= 0.6 is 11.8 Å². The molecule has 0 spiro atoms. The number of thioether (sulfide) groups is 1. The molecule has 0 bridgehead atoms. The van der Waals surface area contributed by atoms with E-state index in [-0.39, 0.29) is 5.88 Å². The van der Waals surface area contributed by atoms with Crippen LogP contribution in [-0.4, -0.2) is 48.8 Å². The molecule has 1 aromatic heterocycles. The first-order valence-corrected chi connectivity index (χ1v) is 9.49. The van der Waals surface area contributed by atoms with Crippen molar-refractivity contribution >= 4 is 17.7 Å². The molecule has 5 nitrogen and oxygen atoms in total. The van der Waals surface area contributed by atoms with Crippen LogP contribution in [0.5, 0.6) is 5.88 Å². The van der Waals surface area contributed by atoms with Crippen molar-refractivity contribution in [2.24, 2.45) is 4.99 Å². The molecule has 0 fully saturated rings. The van der Waals surface area contributed by atoms with Crippen molar-refractivity contribution in [3.8, 4) is 5.88 Å². The lowest BCUT2D eigenvalue weighted by molar-refractivity contribution is -0.154.